The Kier molecular flexibility index (Phi) is 11.8. The van der Waals surface area contributed by atoms with Gasteiger partial charge in [-0.1, -0.05) is 31.1 Å². The number of aliphatic carboxylic acids is 1. The third kappa shape index (κ3) is 8.79. The molecular formula is C47H59N11O6. The van der Waals surface area contributed by atoms with Crippen LogP contribution in [0.15, 0.2) is 71.8 Å². The maximum absolute atomic E-state index is 11.8. The highest BCUT2D eigenvalue weighted by Gasteiger charge is 2.41. The van der Waals surface area contributed by atoms with Crippen LogP contribution in [0.3, 0.4) is 0 Å². The number of likely N-dealkylation sites (tertiary alicyclic amines) is 1. The van der Waals surface area contributed by atoms with Crippen LogP contribution in [0, 0.1) is 5.92 Å². The van der Waals surface area contributed by atoms with Gasteiger partial charge in [-0.2, -0.15) is 0 Å². The Morgan fingerprint density at radius 3 is 2.38 bits per heavy atom. The van der Waals surface area contributed by atoms with Crippen molar-refractivity contribution < 1.29 is 29.0 Å². The standard InChI is InChI=1S/C47H59N11O6/c1-29(2)45(47(60)61)42-23-43(53-64-42)55-17-10-31(11-18-55)57-25-30(50-28-57)24-54-15-12-35(13-16-54)62-36-20-37(21-36)63-44-19-32(9-14-49-44)58-33-7-8-34(58)27-56(26-33)40-22-39(51-52-46(40)48)38-5-3-4-6-41(38)59/h3-6,9,14,19,22-23,25,28-29,31,33-37,45,59H,7-8,10-13,15-18,20-21,24,26-27H2,1-2H3,(H2,48,52)(H,60,61). The molecule has 3 unspecified atom stereocenters. The number of nitrogens with zero attached hydrogens (tertiary/aromatic N) is 10. The normalized spacial score (nSPS) is 23.7. The number of piperazine rings is 1. The molecule has 1 aromatic carbocycles. The van der Waals surface area contributed by atoms with Crippen LogP contribution in [-0.2, 0) is 16.1 Å². The van der Waals surface area contributed by atoms with E-state index in [1.807, 2.05) is 44.6 Å². The number of aromatic hydroxyl groups is 1. The molecule has 5 aromatic rings. The molecule has 0 amide bonds. The lowest BCUT2D eigenvalue weighted by molar-refractivity contribution is -0.140. The summed E-state index contributed by atoms with van der Waals surface area (Å²) in [5.74, 6) is 0.690. The van der Waals surface area contributed by atoms with E-state index in [0.717, 1.165) is 114 Å². The number of aromatic nitrogens is 6. The lowest BCUT2D eigenvalue weighted by Gasteiger charge is -2.43. The number of carboxylic acids is 1. The van der Waals surface area contributed by atoms with Gasteiger partial charge in [-0.3, -0.25) is 9.69 Å². The third-order valence-electron chi connectivity index (χ3n) is 14.1. The van der Waals surface area contributed by atoms with Crippen LogP contribution < -0.4 is 25.2 Å². The summed E-state index contributed by atoms with van der Waals surface area (Å²) in [5.41, 5.74) is 10.7. The van der Waals surface area contributed by atoms with Crippen LogP contribution in [0.1, 0.15) is 88.6 Å². The first kappa shape index (κ1) is 42.0. The first-order valence-corrected chi connectivity index (χ1v) is 23.0. The molecule has 5 aliphatic rings. The van der Waals surface area contributed by atoms with Crippen LogP contribution in [-0.4, -0.2) is 121 Å². The summed E-state index contributed by atoms with van der Waals surface area (Å²) in [7, 11) is 0. The maximum atomic E-state index is 11.8. The van der Waals surface area contributed by atoms with Crippen molar-refractivity contribution in [2.45, 2.75) is 114 Å². The summed E-state index contributed by atoms with van der Waals surface area (Å²) < 4.78 is 20.7. The number of hydrogen-bond donors (Lipinski definition) is 3. The molecule has 0 radical (unpaired) electrons. The van der Waals surface area contributed by atoms with Crippen molar-refractivity contribution in [3.05, 3.63) is 78.7 Å². The fourth-order valence-electron chi connectivity index (χ4n) is 10.6. The second-order valence-corrected chi connectivity index (χ2v) is 18.7. The molecule has 1 saturated carbocycles. The number of phenols is 1. The number of anilines is 4. The molecule has 2 bridgehead atoms. The fraction of sp³-hybridized carbons (Fsp3) is 0.532. The van der Waals surface area contributed by atoms with Crippen LogP contribution >= 0.6 is 0 Å². The molecule has 4 aromatic heterocycles. The van der Waals surface area contributed by atoms with Crippen molar-refractivity contribution in [2.75, 3.05) is 59.7 Å². The number of benzene rings is 1. The maximum Gasteiger partial charge on any atom is 0.314 e. The summed E-state index contributed by atoms with van der Waals surface area (Å²) >= 11 is 0. The van der Waals surface area contributed by atoms with E-state index >= 15 is 0 Å². The SMILES string of the molecule is CC(C)C(C(=O)O)c1cc(N2CCC(n3cnc(CN4CCC(OC5CC(Oc6cc(N7C8CCC7CN(c7cc(-c9ccccc9O)nnc7N)C8)ccn6)C5)CC4)c3)CC2)no1. The topological polar surface area (TPSA) is 197 Å². The van der Waals surface area contributed by atoms with Gasteiger partial charge >= 0.3 is 5.97 Å². The van der Waals surface area contributed by atoms with E-state index < -0.39 is 11.9 Å². The van der Waals surface area contributed by atoms with E-state index in [-0.39, 0.29) is 30.0 Å². The van der Waals surface area contributed by atoms with Crippen LogP contribution in [0.4, 0.5) is 23.0 Å². The Morgan fingerprint density at radius 1 is 0.875 bits per heavy atom. The number of carboxylic acid groups (broad SMARTS) is 1. The van der Waals surface area contributed by atoms with Gasteiger partial charge in [0.1, 0.15) is 17.8 Å². The Hall–Kier alpha value is -5.94. The molecule has 338 valence electrons. The van der Waals surface area contributed by atoms with Crippen LogP contribution in [0.5, 0.6) is 11.6 Å². The number of pyridine rings is 1. The van der Waals surface area contributed by atoms with Gasteiger partial charge in [0.2, 0.25) is 5.88 Å². The smallest absolute Gasteiger partial charge is 0.314 e. The molecule has 3 atom stereocenters. The zero-order chi connectivity index (χ0) is 43.9. The lowest BCUT2D eigenvalue weighted by atomic mass is 9.91. The van der Waals surface area contributed by atoms with Gasteiger partial charge in [0.25, 0.3) is 0 Å². The third-order valence-corrected chi connectivity index (χ3v) is 14.1. The number of nitrogen functional groups attached to an aromatic ring is 1. The van der Waals surface area contributed by atoms with Gasteiger partial charge in [0.15, 0.2) is 17.4 Å². The van der Waals surface area contributed by atoms with Gasteiger partial charge in [-0.25, -0.2) is 9.97 Å². The van der Waals surface area contributed by atoms with Crippen LogP contribution in [0.2, 0.25) is 0 Å². The summed E-state index contributed by atoms with van der Waals surface area (Å²) in [5, 5.41) is 32.8. The van der Waals surface area contributed by atoms with E-state index in [1.165, 1.54) is 0 Å². The summed E-state index contributed by atoms with van der Waals surface area (Å²) in [6.45, 7) is 9.84. The predicted molar refractivity (Wildman–Crippen MR) is 241 cm³/mol. The highest BCUT2D eigenvalue weighted by molar-refractivity contribution is 5.76. The average molecular weight is 874 g/mol. The van der Waals surface area contributed by atoms with E-state index in [4.69, 9.17) is 24.7 Å². The van der Waals surface area contributed by atoms with Crippen molar-refractivity contribution in [1.82, 2.24) is 34.8 Å². The average Bonchev–Trinajstić information content (AvgIpc) is 4.02. The first-order valence-electron chi connectivity index (χ1n) is 23.0. The van der Waals surface area contributed by atoms with E-state index in [0.29, 0.717) is 52.7 Å². The fourth-order valence-corrected chi connectivity index (χ4v) is 10.6. The molecule has 4 aliphatic heterocycles. The molecule has 10 rings (SSSR count). The molecule has 8 heterocycles. The molecule has 5 fully saturated rings. The number of carbonyl (C=O) groups is 1. The summed E-state index contributed by atoms with van der Waals surface area (Å²) in [6, 6.07) is 16.1. The minimum absolute atomic E-state index is 0.0822. The zero-order valence-corrected chi connectivity index (χ0v) is 36.7. The largest absolute Gasteiger partial charge is 0.507 e. The van der Waals surface area contributed by atoms with E-state index in [1.54, 1.807) is 18.2 Å². The molecule has 17 heteroatoms. The second-order valence-electron chi connectivity index (χ2n) is 18.7. The van der Waals surface area contributed by atoms with Gasteiger partial charge in [0.05, 0.1) is 35.6 Å². The van der Waals surface area contributed by atoms with Crippen molar-refractivity contribution >= 4 is 29.0 Å². The highest BCUT2D eigenvalue weighted by Crippen LogP contribution is 2.40. The number of para-hydroxylation sites is 1. The van der Waals surface area contributed by atoms with Crippen molar-refractivity contribution in [2.24, 2.45) is 5.92 Å². The van der Waals surface area contributed by atoms with Gasteiger partial charge < -0.3 is 49.2 Å². The minimum Gasteiger partial charge on any atom is -0.507 e. The summed E-state index contributed by atoms with van der Waals surface area (Å²) in [4.78, 5) is 30.7. The Balaban J connectivity index is 0.649. The number of piperidine rings is 2. The van der Waals surface area contributed by atoms with E-state index in [2.05, 4.69) is 62.8 Å². The molecule has 17 nitrogen and oxygen atoms in total. The van der Waals surface area contributed by atoms with Crippen molar-refractivity contribution in [1.29, 1.82) is 0 Å². The monoisotopic (exact) mass is 873 g/mol. The second kappa shape index (κ2) is 17.9. The van der Waals surface area contributed by atoms with Crippen LogP contribution in [0.25, 0.3) is 11.3 Å². The number of rotatable bonds is 14. The quantitative estimate of drug-likeness (QED) is 0.115. The molecule has 0 spiro atoms. The van der Waals surface area contributed by atoms with Crippen molar-refractivity contribution in [3.63, 3.8) is 0 Å². The molecule has 4 saturated heterocycles. The van der Waals surface area contributed by atoms with Gasteiger partial charge in [-0.05, 0) is 68.7 Å². The minimum atomic E-state index is -0.888. The van der Waals surface area contributed by atoms with Gasteiger partial charge in [-0.15, -0.1) is 10.2 Å². The van der Waals surface area contributed by atoms with E-state index in [9.17, 15) is 15.0 Å². The molecule has 64 heavy (non-hydrogen) atoms. The summed E-state index contributed by atoms with van der Waals surface area (Å²) in [6.07, 6.45) is 14.5. The number of imidazole rings is 1. The number of fused-ring (bicyclic) bond motifs is 2. The van der Waals surface area contributed by atoms with Crippen molar-refractivity contribution in [3.8, 4) is 22.9 Å². The Bertz CT molecular complexity index is 2390. The molecular weight excluding hydrogens is 815 g/mol. The lowest BCUT2D eigenvalue weighted by Crippen LogP contribution is -2.54. The van der Waals surface area contributed by atoms with Gasteiger partial charge in [0, 0.05) is 113 Å². The highest BCUT2D eigenvalue weighted by atomic mass is 16.5. The Labute approximate surface area is 373 Å². The number of hydrogen-bond acceptors (Lipinski definition) is 15. The predicted octanol–water partition coefficient (Wildman–Crippen LogP) is 6.13. The Morgan fingerprint density at radius 2 is 1.64 bits per heavy atom. The molecule has 4 N–H and O–H groups in total. The number of phenolic OH excluding ortho intramolecular Hbond substituents is 1. The first-order chi connectivity index (χ1) is 31.1. The zero-order valence-electron chi connectivity index (χ0n) is 36.7. The molecule has 1 aliphatic carbocycles. The number of nitrogens with two attached hydrogens (primary N) is 1. The number of ether oxygens (including phenoxy) is 2.